The third kappa shape index (κ3) is 4.26. The van der Waals surface area contributed by atoms with Crippen LogP contribution in [0.1, 0.15) is 31.9 Å². The number of nitrogens with zero attached hydrogens (tertiary/aromatic N) is 4. The summed E-state index contributed by atoms with van der Waals surface area (Å²) in [7, 11) is 0. The number of halogens is 4. The lowest BCUT2D eigenvalue weighted by Crippen LogP contribution is -2.58. The van der Waals surface area contributed by atoms with Crippen molar-refractivity contribution >= 4 is 27.8 Å². The van der Waals surface area contributed by atoms with Gasteiger partial charge >= 0.3 is 12.3 Å². The number of likely N-dealkylation sites (tertiary alicyclic amines) is 1. The van der Waals surface area contributed by atoms with Crippen molar-refractivity contribution in [2.45, 2.75) is 38.4 Å². The zero-order valence-electron chi connectivity index (χ0n) is 16.9. The summed E-state index contributed by atoms with van der Waals surface area (Å²) in [6.07, 6.45) is -1.40. The van der Waals surface area contributed by atoms with E-state index in [0.29, 0.717) is 36.0 Å². The SMILES string of the molecule is CCOC(=O)N1CC2(CC[C@@H](N3CCN(c4nc(C(F)(F)F)ccc4Br)CC3)C2)C1. The first-order valence-corrected chi connectivity index (χ1v) is 11.1. The molecular weight excluding hydrogens is 465 g/mol. The number of piperazine rings is 1. The molecule has 0 unspecified atom stereocenters. The van der Waals surface area contributed by atoms with E-state index in [9.17, 15) is 18.0 Å². The predicted octanol–water partition coefficient (Wildman–Crippen LogP) is 4.00. The van der Waals surface area contributed by atoms with E-state index in [1.165, 1.54) is 6.07 Å². The van der Waals surface area contributed by atoms with Gasteiger partial charge in [0, 0.05) is 50.7 Å². The van der Waals surface area contributed by atoms with E-state index in [1.807, 2.05) is 11.8 Å². The standard InChI is InChI=1S/C20H26BrF3N4O2/c1-2-30-18(29)28-12-19(13-28)6-5-14(11-19)26-7-9-27(10-8-26)17-15(21)3-4-16(25-17)20(22,23)24/h3-4,14H,2,5-13H2,1H3/t14-/m1/s1. The molecule has 1 saturated carbocycles. The normalized spacial score (nSPS) is 24.2. The Morgan fingerprint density at radius 2 is 1.97 bits per heavy atom. The number of hydrogen-bond donors (Lipinski definition) is 0. The van der Waals surface area contributed by atoms with Crippen LogP contribution >= 0.6 is 15.9 Å². The fourth-order valence-electron chi connectivity index (χ4n) is 4.99. The van der Waals surface area contributed by atoms with Crippen LogP contribution in [0.4, 0.5) is 23.8 Å². The topological polar surface area (TPSA) is 48.9 Å². The average molecular weight is 491 g/mol. The van der Waals surface area contributed by atoms with Gasteiger partial charge in [-0.1, -0.05) is 0 Å². The Balaban J connectivity index is 1.31. The Hall–Kier alpha value is -1.55. The van der Waals surface area contributed by atoms with Gasteiger partial charge in [-0.05, 0) is 54.2 Å². The van der Waals surface area contributed by atoms with Gasteiger partial charge in [0.25, 0.3) is 0 Å². The van der Waals surface area contributed by atoms with E-state index in [2.05, 4.69) is 25.8 Å². The maximum atomic E-state index is 13.0. The molecule has 3 fully saturated rings. The number of hydrogen-bond acceptors (Lipinski definition) is 5. The predicted molar refractivity (Wildman–Crippen MR) is 109 cm³/mol. The summed E-state index contributed by atoms with van der Waals surface area (Å²) in [6, 6.07) is 2.89. The number of carbonyl (C=O) groups excluding carboxylic acids is 1. The summed E-state index contributed by atoms with van der Waals surface area (Å²) in [5.74, 6) is 0.358. The van der Waals surface area contributed by atoms with Crippen LogP contribution in [0, 0.1) is 5.41 Å². The van der Waals surface area contributed by atoms with Crippen molar-refractivity contribution in [1.82, 2.24) is 14.8 Å². The summed E-state index contributed by atoms with van der Waals surface area (Å²) in [5.41, 5.74) is -0.655. The van der Waals surface area contributed by atoms with Crippen LogP contribution in [0.5, 0.6) is 0 Å². The van der Waals surface area contributed by atoms with Crippen LogP contribution < -0.4 is 4.90 Å². The number of pyridine rings is 1. The van der Waals surface area contributed by atoms with Crippen LogP contribution in [0.2, 0.25) is 0 Å². The lowest BCUT2D eigenvalue weighted by molar-refractivity contribution is -0.141. The zero-order chi connectivity index (χ0) is 21.5. The monoisotopic (exact) mass is 490 g/mol. The summed E-state index contributed by atoms with van der Waals surface area (Å²) in [4.78, 5) is 21.8. The van der Waals surface area contributed by atoms with Gasteiger partial charge in [-0.25, -0.2) is 9.78 Å². The van der Waals surface area contributed by atoms with Crippen molar-refractivity contribution in [1.29, 1.82) is 0 Å². The van der Waals surface area contributed by atoms with Crippen LogP contribution in [-0.2, 0) is 10.9 Å². The van der Waals surface area contributed by atoms with E-state index in [4.69, 9.17) is 4.74 Å². The first-order chi connectivity index (χ1) is 14.2. The highest BCUT2D eigenvalue weighted by atomic mass is 79.9. The molecular formula is C20H26BrF3N4O2. The molecule has 4 rings (SSSR count). The third-order valence-electron chi connectivity index (χ3n) is 6.50. The molecule has 166 valence electrons. The van der Waals surface area contributed by atoms with Gasteiger partial charge in [0.15, 0.2) is 0 Å². The summed E-state index contributed by atoms with van der Waals surface area (Å²) in [6.45, 7) is 6.63. The molecule has 1 atom stereocenters. The highest BCUT2D eigenvalue weighted by Crippen LogP contribution is 2.47. The maximum absolute atomic E-state index is 13.0. The number of anilines is 1. The minimum absolute atomic E-state index is 0.209. The molecule has 3 aliphatic rings. The van der Waals surface area contributed by atoms with Crippen LogP contribution in [0.25, 0.3) is 0 Å². The van der Waals surface area contributed by atoms with Gasteiger partial charge in [0.05, 0.1) is 11.1 Å². The first kappa shape index (κ1) is 21.7. The lowest BCUT2D eigenvalue weighted by Gasteiger charge is -2.48. The van der Waals surface area contributed by atoms with Crippen LogP contribution in [-0.4, -0.2) is 72.8 Å². The molecule has 2 saturated heterocycles. The number of carbonyl (C=O) groups is 1. The molecule has 3 heterocycles. The van der Waals surface area contributed by atoms with Crippen molar-refractivity contribution in [3.05, 3.63) is 22.3 Å². The first-order valence-electron chi connectivity index (χ1n) is 10.4. The van der Waals surface area contributed by atoms with E-state index < -0.39 is 11.9 Å². The van der Waals surface area contributed by atoms with Crippen LogP contribution in [0.15, 0.2) is 16.6 Å². The number of ether oxygens (including phenoxy) is 1. The zero-order valence-corrected chi connectivity index (χ0v) is 18.5. The van der Waals surface area contributed by atoms with Crippen molar-refractivity contribution in [2.24, 2.45) is 5.41 Å². The Bertz CT molecular complexity index is 793. The Morgan fingerprint density at radius 1 is 1.27 bits per heavy atom. The Morgan fingerprint density at radius 3 is 2.60 bits per heavy atom. The van der Waals surface area contributed by atoms with Crippen molar-refractivity contribution in [2.75, 3.05) is 50.8 Å². The van der Waals surface area contributed by atoms with Gasteiger partial charge in [-0.3, -0.25) is 4.90 Å². The highest BCUT2D eigenvalue weighted by molar-refractivity contribution is 9.10. The molecule has 1 amide bonds. The molecule has 0 aromatic carbocycles. The Kier molecular flexibility index (Phi) is 5.91. The fraction of sp³-hybridized carbons (Fsp3) is 0.700. The quantitative estimate of drug-likeness (QED) is 0.640. The van der Waals surface area contributed by atoms with Gasteiger partial charge in [0.2, 0.25) is 0 Å². The molecule has 1 aromatic rings. The van der Waals surface area contributed by atoms with Crippen molar-refractivity contribution < 1.29 is 22.7 Å². The molecule has 10 heteroatoms. The largest absolute Gasteiger partial charge is 0.450 e. The lowest BCUT2D eigenvalue weighted by atomic mass is 9.78. The second-order valence-corrected chi connectivity index (χ2v) is 9.33. The second-order valence-electron chi connectivity index (χ2n) is 8.47. The second kappa shape index (κ2) is 8.18. The summed E-state index contributed by atoms with van der Waals surface area (Å²) < 4.78 is 44.7. The van der Waals surface area contributed by atoms with Gasteiger partial charge < -0.3 is 14.5 Å². The molecule has 30 heavy (non-hydrogen) atoms. The Labute approximate surface area is 182 Å². The third-order valence-corrected chi connectivity index (χ3v) is 7.12. The smallest absolute Gasteiger partial charge is 0.433 e. The maximum Gasteiger partial charge on any atom is 0.433 e. The number of amides is 1. The summed E-state index contributed by atoms with van der Waals surface area (Å²) >= 11 is 3.35. The number of alkyl halides is 3. The molecule has 1 aromatic heterocycles. The van der Waals surface area contributed by atoms with Gasteiger partial charge in [-0.15, -0.1) is 0 Å². The van der Waals surface area contributed by atoms with E-state index in [1.54, 1.807) is 4.90 Å². The highest BCUT2D eigenvalue weighted by Gasteiger charge is 2.51. The minimum atomic E-state index is -4.45. The minimum Gasteiger partial charge on any atom is -0.450 e. The fourth-order valence-corrected chi connectivity index (χ4v) is 5.46. The van der Waals surface area contributed by atoms with Crippen LogP contribution in [0.3, 0.4) is 0 Å². The van der Waals surface area contributed by atoms with Gasteiger partial charge in [0.1, 0.15) is 11.5 Å². The van der Waals surface area contributed by atoms with Crippen molar-refractivity contribution in [3.8, 4) is 0 Å². The molecule has 6 nitrogen and oxygen atoms in total. The molecule has 0 bridgehead atoms. The van der Waals surface area contributed by atoms with E-state index in [-0.39, 0.29) is 11.5 Å². The number of aromatic nitrogens is 1. The van der Waals surface area contributed by atoms with Crippen molar-refractivity contribution in [3.63, 3.8) is 0 Å². The summed E-state index contributed by atoms with van der Waals surface area (Å²) in [5, 5.41) is 0. The molecule has 2 aliphatic heterocycles. The van der Waals surface area contributed by atoms with E-state index in [0.717, 1.165) is 51.5 Å². The molecule has 0 radical (unpaired) electrons. The molecule has 1 aliphatic carbocycles. The molecule has 0 N–H and O–H groups in total. The van der Waals surface area contributed by atoms with E-state index >= 15 is 0 Å². The number of rotatable bonds is 3. The average Bonchev–Trinajstić information content (AvgIpc) is 3.12. The molecule has 1 spiro atoms. The van der Waals surface area contributed by atoms with Gasteiger partial charge in [-0.2, -0.15) is 13.2 Å².